The van der Waals surface area contributed by atoms with Gasteiger partial charge >= 0.3 is 5.97 Å². The molecule has 1 atom stereocenters. The number of hydrogen-bond donors (Lipinski definition) is 1. The van der Waals surface area contributed by atoms with Gasteiger partial charge in [-0.3, -0.25) is 14.5 Å². The van der Waals surface area contributed by atoms with Crippen LogP contribution in [-0.2, 0) is 17.8 Å². The van der Waals surface area contributed by atoms with Crippen molar-refractivity contribution < 1.29 is 9.90 Å². The Labute approximate surface area is 179 Å². The van der Waals surface area contributed by atoms with Gasteiger partial charge in [0.15, 0.2) is 0 Å². The highest BCUT2D eigenvalue weighted by Gasteiger charge is 2.26. The molecule has 1 fully saturated rings. The fourth-order valence-electron chi connectivity index (χ4n) is 4.19. The van der Waals surface area contributed by atoms with Gasteiger partial charge in [-0.15, -0.1) is 0 Å². The Balaban J connectivity index is 1.66. The molecular weight excluding hydrogens is 402 g/mol. The molecule has 156 valence electrons. The Morgan fingerprint density at radius 3 is 2.60 bits per heavy atom. The Morgan fingerprint density at radius 1 is 1.13 bits per heavy atom. The molecule has 4 rings (SSSR count). The summed E-state index contributed by atoms with van der Waals surface area (Å²) in [5.41, 5.74) is 1.82. The third-order valence-electron chi connectivity index (χ3n) is 5.72. The topological polar surface area (TPSA) is 75.4 Å². The molecule has 6 nitrogen and oxygen atoms in total. The Hall–Kier alpha value is -2.70. The number of aromatic nitrogens is 2. The molecule has 1 aliphatic rings. The van der Waals surface area contributed by atoms with Gasteiger partial charge in [0, 0.05) is 29.4 Å². The van der Waals surface area contributed by atoms with Crippen molar-refractivity contribution in [2.75, 3.05) is 13.1 Å². The van der Waals surface area contributed by atoms with Crippen LogP contribution in [0.15, 0.2) is 53.3 Å². The first-order chi connectivity index (χ1) is 14.5. The number of carboxylic acid groups (broad SMARTS) is 1. The van der Waals surface area contributed by atoms with Crippen LogP contribution in [0.3, 0.4) is 0 Å². The molecule has 0 saturated carbocycles. The summed E-state index contributed by atoms with van der Waals surface area (Å²) in [6.07, 6.45) is 2.65. The highest BCUT2D eigenvalue weighted by atomic mass is 35.5. The molecule has 2 aromatic carbocycles. The van der Waals surface area contributed by atoms with Crippen molar-refractivity contribution in [3.05, 3.63) is 75.2 Å². The summed E-state index contributed by atoms with van der Waals surface area (Å²) in [6.45, 7) is 1.83. The van der Waals surface area contributed by atoms with E-state index >= 15 is 0 Å². The van der Waals surface area contributed by atoms with E-state index in [2.05, 4.69) is 4.90 Å². The highest BCUT2D eigenvalue weighted by molar-refractivity contribution is 6.30. The van der Waals surface area contributed by atoms with Gasteiger partial charge < -0.3 is 5.11 Å². The van der Waals surface area contributed by atoms with Crippen LogP contribution in [0.1, 0.15) is 30.5 Å². The van der Waals surface area contributed by atoms with Crippen molar-refractivity contribution in [2.24, 2.45) is 0 Å². The molecule has 0 unspecified atom stereocenters. The first kappa shape index (κ1) is 20.6. The van der Waals surface area contributed by atoms with Crippen molar-refractivity contribution >= 4 is 28.3 Å². The largest absolute Gasteiger partial charge is 0.481 e. The molecule has 2 heterocycles. The summed E-state index contributed by atoms with van der Waals surface area (Å²) in [6, 6.07) is 15.4. The second-order valence-electron chi connectivity index (χ2n) is 7.76. The molecular formula is C23H24ClN3O3. The standard InChI is InChI=1S/C23H24ClN3O3/c24-17-9-7-16(8-10-17)14-21-19-5-1-2-6-20(19)23(30)27(25-21)15-18-4-3-12-26(18)13-11-22(28)29/h1-2,5-10,18H,3-4,11-15H2,(H,28,29)/t18-/m1/s1. The van der Waals surface area contributed by atoms with E-state index in [1.807, 2.05) is 48.5 Å². The molecule has 0 radical (unpaired) electrons. The average Bonchev–Trinajstić information content (AvgIpc) is 3.18. The number of aliphatic carboxylic acids is 1. The van der Waals surface area contributed by atoms with E-state index in [0.717, 1.165) is 36.0 Å². The predicted octanol–water partition coefficient (Wildman–Crippen LogP) is 3.58. The van der Waals surface area contributed by atoms with E-state index in [0.29, 0.717) is 29.9 Å². The molecule has 0 aliphatic carbocycles. The van der Waals surface area contributed by atoms with Gasteiger partial charge in [0.2, 0.25) is 0 Å². The van der Waals surface area contributed by atoms with E-state index < -0.39 is 5.97 Å². The van der Waals surface area contributed by atoms with E-state index in [9.17, 15) is 9.59 Å². The lowest BCUT2D eigenvalue weighted by atomic mass is 10.0. The molecule has 30 heavy (non-hydrogen) atoms. The molecule has 1 N–H and O–H groups in total. The quantitative estimate of drug-likeness (QED) is 0.626. The number of halogens is 1. The smallest absolute Gasteiger partial charge is 0.304 e. The summed E-state index contributed by atoms with van der Waals surface area (Å²) in [4.78, 5) is 26.2. The third kappa shape index (κ3) is 4.55. The molecule has 1 aromatic heterocycles. The van der Waals surface area contributed by atoms with E-state index in [1.165, 1.54) is 0 Å². The van der Waals surface area contributed by atoms with E-state index in [-0.39, 0.29) is 18.0 Å². The van der Waals surface area contributed by atoms with Gasteiger partial charge in [-0.2, -0.15) is 5.10 Å². The number of nitrogens with zero attached hydrogens (tertiary/aromatic N) is 3. The van der Waals surface area contributed by atoms with Crippen LogP contribution in [0.2, 0.25) is 5.02 Å². The van der Waals surface area contributed by atoms with Crippen molar-refractivity contribution in [2.45, 2.75) is 38.3 Å². The van der Waals surface area contributed by atoms with Crippen LogP contribution in [0.25, 0.3) is 10.8 Å². The SMILES string of the molecule is O=C(O)CCN1CCC[C@@H]1Cn1nc(Cc2ccc(Cl)cc2)c2ccccc2c1=O. The lowest BCUT2D eigenvalue weighted by molar-refractivity contribution is -0.137. The Bertz CT molecular complexity index is 1110. The zero-order valence-corrected chi connectivity index (χ0v) is 17.4. The average molecular weight is 426 g/mol. The van der Waals surface area contributed by atoms with Crippen molar-refractivity contribution in [1.82, 2.24) is 14.7 Å². The third-order valence-corrected chi connectivity index (χ3v) is 5.98. The minimum Gasteiger partial charge on any atom is -0.481 e. The Kier molecular flexibility index (Phi) is 6.16. The van der Waals surface area contributed by atoms with Gasteiger partial charge in [-0.1, -0.05) is 41.9 Å². The first-order valence-corrected chi connectivity index (χ1v) is 10.6. The van der Waals surface area contributed by atoms with Gasteiger partial charge in [-0.05, 0) is 43.1 Å². The maximum atomic E-state index is 13.1. The van der Waals surface area contributed by atoms with E-state index in [4.69, 9.17) is 21.8 Å². The predicted molar refractivity (Wildman–Crippen MR) is 117 cm³/mol. The van der Waals surface area contributed by atoms with Crippen LogP contribution < -0.4 is 5.56 Å². The van der Waals surface area contributed by atoms with Crippen LogP contribution in [0.4, 0.5) is 0 Å². The number of hydrogen-bond acceptors (Lipinski definition) is 4. The maximum absolute atomic E-state index is 13.1. The number of carboxylic acids is 1. The zero-order chi connectivity index (χ0) is 21.1. The minimum absolute atomic E-state index is 0.101. The summed E-state index contributed by atoms with van der Waals surface area (Å²) in [5.74, 6) is -0.799. The second kappa shape index (κ2) is 8.98. The maximum Gasteiger partial charge on any atom is 0.304 e. The summed E-state index contributed by atoms with van der Waals surface area (Å²) in [7, 11) is 0. The number of carbonyl (C=O) groups is 1. The first-order valence-electron chi connectivity index (χ1n) is 10.2. The number of rotatable bonds is 7. The summed E-state index contributed by atoms with van der Waals surface area (Å²) < 4.78 is 1.57. The van der Waals surface area contributed by atoms with Crippen molar-refractivity contribution in [1.29, 1.82) is 0 Å². The summed E-state index contributed by atoms with van der Waals surface area (Å²) in [5, 5.41) is 16.0. The molecule has 0 spiro atoms. The monoisotopic (exact) mass is 425 g/mol. The highest BCUT2D eigenvalue weighted by Crippen LogP contribution is 2.21. The number of likely N-dealkylation sites (tertiary alicyclic amines) is 1. The van der Waals surface area contributed by atoms with Crippen molar-refractivity contribution in [3.8, 4) is 0 Å². The molecule has 7 heteroatoms. The molecule has 3 aromatic rings. The fraction of sp³-hybridized carbons (Fsp3) is 0.348. The molecule has 0 amide bonds. The Morgan fingerprint density at radius 2 is 1.87 bits per heavy atom. The van der Waals surface area contributed by atoms with Crippen LogP contribution in [-0.4, -0.2) is 44.9 Å². The van der Waals surface area contributed by atoms with Gasteiger partial charge in [0.25, 0.3) is 5.56 Å². The van der Waals surface area contributed by atoms with Crippen LogP contribution in [0, 0.1) is 0 Å². The van der Waals surface area contributed by atoms with Crippen molar-refractivity contribution in [3.63, 3.8) is 0 Å². The number of benzene rings is 2. The lowest BCUT2D eigenvalue weighted by Gasteiger charge is -2.24. The normalized spacial score (nSPS) is 16.9. The molecule has 1 saturated heterocycles. The van der Waals surface area contributed by atoms with Gasteiger partial charge in [0.1, 0.15) is 0 Å². The molecule has 0 bridgehead atoms. The minimum atomic E-state index is -0.799. The summed E-state index contributed by atoms with van der Waals surface area (Å²) >= 11 is 6.01. The fourth-order valence-corrected chi connectivity index (χ4v) is 4.32. The molecule has 1 aliphatic heterocycles. The lowest BCUT2D eigenvalue weighted by Crippen LogP contribution is -2.38. The van der Waals surface area contributed by atoms with Crippen LogP contribution in [0.5, 0.6) is 0 Å². The van der Waals surface area contributed by atoms with Gasteiger partial charge in [-0.25, -0.2) is 4.68 Å². The van der Waals surface area contributed by atoms with Crippen LogP contribution >= 0.6 is 11.6 Å². The van der Waals surface area contributed by atoms with Gasteiger partial charge in [0.05, 0.1) is 24.0 Å². The second-order valence-corrected chi connectivity index (χ2v) is 8.19. The zero-order valence-electron chi connectivity index (χ0n) is 16.6. The van der Waals surface area contributed by atoms with E-state index in [1.54, 1.807) is 4.68 Å². The number of fused-ring (bicyclic) bond motifs is 1.